The van der Waals surface area contributed by atoms with Gasteiger partial charge in [0.1, 0.15) is 17.3 Å². The van der Waals surface area contributed by atoms with Crippen LogP contribution < -0.4 is 9.47 Å². The highest BCUT2D eigenvalue weighted by Crippen LogP contribution is 2.32. The highest BCUT2D eigenvalue weighted by atomic mass is 16.5. The van der Waals surface area contributed by atoms with E-state index in [1.807, 2.05) is 6.07 Å². The van der Waals surface area contributed by atoms with Gasteiger partial charge in [-0.15, -0.1) is 0 Å². The first kappa shape index (κ1) is 21.7. The molecule has 0 unspecified atom stereocenters. The molecular formula is C22H29NO5. The number of hydrogen-bond acceptors (Lipinski definition) is 6. The van der Waals surface area contributed by atoms with Crippen molar-refractivity contribution in [1.82, 2.24) is 4.98 Å². The van der Waals surface area contributed by atoms with E-state index in [4.69, 9.17) is 13.9 Å². The van der Waals surface area contributed by atoms with Crippen LogP contribution in [0.4, 0.5) is 0 Å². The molecule has 1 aromatic carbocycles. The number of ether oxygens (including phenoxy) is 2. The second kappa shape index (κ2) is 10.1. The third-order valence-corrected chi connectivity index (χ3v) is 4.52. The van der Waals surface area contributed by atoms with Crippen molar-refractivity contribution in [2.45, 2.75) is 52.9 Å². The minimum absolute atomic E-state index is 0.00749. The van der Waals surface area contributed by atoms with Gasteiger partial charge in [-0.1, -0.05) is 20.3 Å². The van der Waals surface area contributed by atoms with Crippen molar-refractivity contribution in [3.05, 3.63) is 29.7 Å². The first-order valence-corrected chi connectivity index (χ1v) is 9.56. The average molecular weight is 387 g/mol. The molecule has 152 valence electrons. The van der Waals surface area contributed by atoms with Crippen LogP contribution in [0.3, 0.4) is 0 Å². The normalized spacial score (nSPS) is 10.9. The molecule has 0 atom stereocenters. The lowest BCUT2D eigenvalue weighted by Crippen LogP contribution is -2.11. The molecule has 0 N–H and O–H groups in total. The van der Waals surface area contributed by atoms with E-state index in [-0.39, 0.29) is 24.4 Å². The Bertz CT molecular complexity index is 822. The number of oxazole rings is 1. The molecular weight excluding hydrogens is 358 g/mol. The lowest BCUT2D eigenvalue weighted by atomic mass is 10.0. The zero-order chi connectivity index (χ0) is 20.7. The highest BCUT2D eigenvalue weighted by molar-refractivity contribution is 5.99. The van der Waals surface area contributed by atoms with Crippen LogP contribution in [-0.4, -0.2) is 30.8 Å². The number of methoxy groups -OCH3 is 2. The summed E-state index contributed by atoms with van der Waals surface area (Å²) in [5, 5.41) is 0. The second-order valence-electron chi connectivity index (χ2n) is 7.31. The Morgan fingerprint density at radius 2 is 1.82 bits per heavy atom. The number of benzene rings is 1. The van der Waals surface area contributed by atoms with Crippen LogP contribution in [0.5, 0.6) is 11.5 Å². The maximum Gasteiger partial charge on any atom is 0.226 e. The Hall–Kier alpha value is -2.63. The first-order valence-electron chi connectivity index (χ1n) is 9.56. The molecule has 0 amide bonds. The van der Waals surface area contributed by atoms with E-state index in [0.717, 1.165) is 18.4 Å². The standard InChI is InChI=1S/C22H29NO5/c1-14(2)7-6-8-17(24)12-18(25)13-19-15(3)28-22(23-19)16-9-10-20(26-4)21(11-16)27-5/h9-11,14H,6-8,12-13H2,1-5H3. The summed E-state index contributed by atoms with van der Waals surface area (Å²) in [6.45, 7) is 6.02. The highest BCUT2D eigenvalue weighted by Gasteiger charge is 2.18. The molecule has 0 aliphatic rings. The molecule has 6 nitrogen and oxygen atoms in total. The van der Waals surface area contributed by atoms with Crippen LogP contribution in [-0.2, 0) is 16.0 Å². The second-order valence-corrected chi connectivity index (χ2v) is 7.31. The minimum Gasteiger partial charge on any atom is -0.493 e. The van der Waals surface area contributed by atoms with E-state index in [9.17, 15) is 9.59 Å². The van der Waals surface area contributed by atoms with Crippen molar-refractivity contribution < 1.29 is 23.5 Å². The zero-order valence-electron chi connectivity index (χ0n) is 17.3. The SMILES string of the molecule is COc1ccc(-c2nc(CC(=O)CC(=O)CCCC(C)C)c(C)o2)cc1OC. The number of Topliss-reactive ketones (excluding diaryl/α,β-unsaturated/α-hetero) is 2. The van der Waals surface area contributed by atoms with Gasteiger partial charge < -0.3 is 13.9 Å². The number of ketones is 2. The van der Waals surface area contributed by atoms with Crippen molar-refractivity contribution in [2.24, 2.45) is 5.92 Å². The van der Waals surface area contributed by atoms with Gasteiger partial charge in [-0.05, 0) is 37.5 Å². The summed E-state index contributed by atoms with van der Waals surface area (Å²) < 4.78 is 16.3. The topological polar surface area (TPSA) is 78.6 Å². The molecule has 1 aromatic heterocycles. The predicted octanol–water partition coefficient (Wildman–Crippen LogP) is 4.56. The Kier molecular flexibility index (Phi) is 7.79. The van der Waals surface area contributed by atoms with Gasteiger partial charge >= 0.3 is 0 Å². The Balaban J connectivity index is 2.02. The van der Waals surface area contributed by atoms with E-state index in [0.29, 0.717) is 41.2 Å². The van der Waals surface area contributed by atoms with Gasteiger partial charge in [-0.3, -0.25) is 9.59 Å². The molecule has 1 heterocycles. The number of carbonyl (C=O) groups excluding carboxylic acids is 2. The van der Waals surface area contributed by atoms with Crippen molar-refractivity contribution >= 4 is 11.6 Å². The summed E-state index contributed by atoms with van der Waals surface area (Å²) in [6.07, 6.45) is 2.33. The smallest absolute Gasteiger partial charge is 0.226 e. The third kappa shape index (κ3) is 5.94. The molecule has 2 rings (SSSR count). The van der Waals surface area contributed by atoms with Crippen LogP contribution in [0.15, 0.2) is 22.6 Å². The van der Waals surface area contributed by atoms with Crippen molar-refractivity contribution in [2.75, 3.05) is 14.2 Å². The van der Waals surface area contributed by atoms with Crippen molar-refractivity contribution in [3.63, 3.8) is 0 Å². The number of carbonyl (C=O) groups is 2. The summed E-state index contributed by atoms with van der Waals surface area (Å²) in [5.41, 5.74) is 1.29. The van der Waals surface area contributed by atoms with Crippen LogP contribution in [0.25, 0.3) is 11.5 Å². The van der Waals surface area contributed by atoms with Gasteiger partial charge in [0.05, 0.1) is 32.8 Å². The van der Waals surface area contributed by atoms with E-state index in [1.165, 1.54) is 0 Å². The maximum absolute atomic E-state index is 12.3. The summed E-state index contributed by atoms with van der Waals surface area (Å²) >= 11 is 0. The van der Waals surface area contributed by atoms with E-state index in [1.54, 1.807) is 33.3 Å². The monoisotopic (exact) mass is 387 g/mol. The molecule has 0 fully saturated rings. The van der Waals surface area contributed by atoms with Crippen LogP contribution in [0.1, 0.15) is 51.0 Å². The number of nitrogens with zero attached hydrogens (tertiary/aromatic N) is 1. The summed E-state index contributed by atoms with van der Waals surface area (Å²) in [4.78, 5) is 28.7. The Morgan fingerprint density at radius 3 is 2.46 bits per heavy atom. The van der Waals surface area contributed by atoms with Gasteiger partial charge in [-0.2, -0.15) is 0 Å². The molecule has 0 saturated carbocycles. The van der Waals surface area contributed by atoms with Crippen LogP contribution in [0.2, 0.25) is 0 Å². The number of rotatable bonds is 11. The van der Waals surface area contributed by atoms with Gasteiger partial charge in [0.2, 0.25) is 5.89 Å². The molecule has 6 heteroatoms. The van der Waals surface area contributed by atoms with Gasteiger partial charge in [-0.25, -0.2) is 4.98 Å². The summed E-state index contributed by atoms with van der Waals surface area (Å²) in [7, 11) is 3.13. The van der Waals surface area contributed by atoms with Crippen molar-refractivity contribution in [1.29, 1.82) is 0 Å². The molecule has 2 aromatic rings. The molecule has 0 aliphatic heterocycles. The lowest BCUT2D eigenvalue weighted by molar-refractivity contribution is -0.126. The van der Waals surface area contributed by atoms with Crippen LogP contribution in [0, 0.1) is 12.8 Å². The number of aryl methyl sites for hydroxylation is 1. The van der Waals surface area contributed by atoms with E-state index >= 15 is 0 Å². The van der Waals surface area contributed by atoms with Gasteiger partial charge in [0, 0.05) is 12.0 Å². The molecule has 0 radical (unpaired) electrons. The Labute approximate surface area is 166 Å². The molecule has 28 heavy (non-hydrogen) atoms. The summed E-state index contributed by atoms with van der Waals surface area (Å²) in [5.74, 6) is 2.59. The molecule has 0 bridgehead atoms. The maximum atomic E-state index is 12.3. The Morgan fingerprint density at radius 1 is 1.11 bits per heavy atom. The molecule has 0 spiro atoms. The number of hydrogen-bond donors (Lipinski definition) is 0. The largest absolute Gasteiger partial charge is 0.493 e. The zero-order valence-corrected chi connectivity index (χ0v) is 17.3. The van der Waals surface area contributed by atoms with Crippen LogP contribution >= 0.6 is 0 Å². The average Bonchev–Trinajstić information content (AvgIpc) is 3.01. The summed E-state index contributed by atoms with van der Waals surface area (Å²) in [6, 6.07) is 5.36. The van der Waals surface area contributed by atoms with Crippen molar-refractivity contribution in [3.8, 4) is 23.0 Å². The van der Waals surface area contributed by atoms with Gasteiger partial charge in [0.15, 0.2) is 11.5 Å². The fourth-order valence-corrected chi connectivity index (χ4v) is 2.95. The molecule has 0 saturated heterocycles. The van der Waals surface area contributed by atoms with Gasteiger partial charge in [0.25, 0.3) is 0 Å². The van der Waals surface area contributed by atoms with E-state index in [2.05, 4.69) is 18.8 Å². The minimum atomic E-state index is -0.134. The lowest BCUT2D eigenvalue weighted by Gasteiger charge is -2.07. The quantitative estimate of drug-likeness (QED) is 0.526. The number of aromatic nitrogens is 1. The third-order valence-electron chi connectivity index (χ3n) is 4.52. The fraction of sp³-hybridized carbons (Fsp3) is 0.500. The first-order chi connectivity index (χ1) is 13.3. The van der Waals surface area contributed by atoms with E-state index < -0.39 is 0 Å². The predicted molar refractivity (Wildman–Crippen MR) is 107 cm³/mol. The molecule has 0 aliphatic carbocycles. The fourth-order valence-electron chi connectivity index (χ4n) is 2.95.